The maximum atomic E-state index is 12.3. The molecular formula is C13H23NO. The van der Waals surface area contributed by atoms with E-state index < -0.39 is 0 Å². The Kier molecular flexibility index (Phi) is 3.66. The van der Waals surface area contributed by atoms with Crippen LogP contribution in [0.1, 0.15) is 58.3 Å². The first-order valence-corrected chi connectivity index (χ1v) is 6.59. The van der Waals surface area contributed by atoms with Crippen LogP contribution in [-0.4, -0.2) is 23.4 Å². The average Bonchev–Trinajstić information content (AvgIpc) is 2.30. The number of piperidine rings is 1. The molecule has 1 aliphatic carbocycles. The van der Waals surface area contributed by atoms with Gasteiger partial charge in [-0.2, -0.15) is 0 Å². The standard InChI is InChI=1S/C13H23NO/c1-11-7-5-6-10-14(11)13(15)12-8-3-2-4-9-12/h11-12H,2-10H2,1H3/t11-/m1/s1. The van der Waals surface area contributed by atoms with Gasteiger partial charge >= 0.3 is 0 Å². The van der Waals surface area contributed by atoms with Crippen molar-refractivity contribution < 1.29 is 4.79 Å². The molecule has 1 amide bonds. The Balaban J connectivity index is 1.92. The van der Waals surface area contributed by atoms with Gasteiger partial charge in [-0.1, -0.05) is 19.3 Å². The minimum Gasteiger partial charge on any atom is -0.340 e. The number of carbonyl (C=O) groups is 1. The fraction of sp³-hybridized carbons (Fsp3) is 0.923. The molecule has 1 saturated heterocycles. The highest BCUT2D eigenvalue weighted by Gasteiger charge is 2.29. The highest BCUT2D eigenvalue weighted by molar-refractivity contribution is 5.79. The minimum atomic E-state index is 0.360. The molecule has 2 rings (SSSR count). The Hall–Kier alpha value is -0.530. The van der Waals surface area contributed by atoms with E-state index in [1.165, 1.54) is 38.5 Å². The topological polar surface area (TPSA) is 20.3 Å². The van der Waals surface area contributed by atoms with Crippen LogP contribution in [0.15, 0.2) is 0 Å². The Bertz CT molecular complexity index is 221. The molecule has 0 radical (unpaired) electrons. The Labute approximate surface area is 93.0 Å². The molecule has 15 heavy (non-hydrogen) atoms. The molecule has 0 aromatic rings. The molecular weight excluding hydrogens is 186 g/mol. The lowest BCUT2D eigenvalue weighted by Crippen LogP contribution is -2.45. The van der Waals surface area contributed by atoms with E-state index in [9.17, 15) is 4.79 Å². The van der Waals surface area contributed by atoms with Crippen molar-refractivity contribution in [1.82, 2.24) is 4.90 Å². The van der Waals surface area contributed by atoms with E-state index in [1.807, 2.05) is 0 Å². The fourth-order valence-electron chi connectivity index (χ4n) is 3.01. The molecule has 2 fully saturated rings. The van der Waals surface area contributed by atoms with Gasteiger partial charge in [0.25, 0.3) is 0 Å². The van der Waals surface area contributed by atoms with Crippen LogP contribution in [0, 0.1) is 5.92 Å². The number of hydrogen-bond donors (Lipinski definition) is 0. The van der Waals surface area contributed by atoms with Crippen molar-refractivity contribution >= 4 is 5.91 Å². The minimum absolute atomic E-state index is 0.360. The van der Waals surface area contributed by atoms with Crippen LogP contribution in [0.5, 0.6) is 0 Å². The molecule has 1 heterocycles. The van der Waals surface area contributed by atoms with E-state index in [2.05, 4.69) is 11.8 Å². The second-order valence-corrected chi connectivity index (χ2v) is 5.21. The van der Waals surface area contributed by atoms with Crippen LogP contribution < -0.4 is 0 Å². The summed E-state index contributed by atoms with van der Waals surface area (Å²) in [5.74, 6) is 0.821. The van der Waals surface area contributed by atoms with Crippen molar-refractivity contribution in [1.29, 1.82) is 0 Å². The van der Waals surface area contributed by atoms with Gasteiger partial charge < -0.3 is 4.90 Å². The molecule has 0 bridgehead atoms. The van der Waals surface area contributed by atoms with Crippen molar-refractivity contribution in [2.24, 2.45) is 5.92 Å². The Morgan fingerprint density at radius 2 is 1.67 bits per heavy atom. The fourth-order valence-corrected chi connectivity index (χ4v) is 3.01. The molecule has 1 saturated carbocycles. The van der Waals surface area contributed by atoms with Crippen LogP contribution in [0.25, 0.3) is 0 Å². The van der Waals surface area contributed by atoms with Crippen LogP contribution in [0.3, 0.4) is 0 Å². The van der Waals surface area contributed by atoms with Gasteiger partial charge in [-0.25, -0.2) is 0 Å². The summed E-state index contributed by atoms with van der Waals surface area (Å²) in [4.78, 5) is 14.4. The average molecular weight is 209 g/mol. The summed E-state index contributed by atoms with van der Waals surface area (Å²) in [6.07, 6.45) is 9.86. The summed E-state index contributed by atoms with van der Waals surface area (Å²) in [5, 5.41) is 0. The number of rotatable bonds is 1. The van der Waals surface area contributed by atoms with Crippen LogP contribution >= 0.6 is 0 Å². The highest BCUT2D eigenvalue weighted by atomic mass is 16.2. The van der Waals surface area contributed by atoms with Crippen molar-refractivity contribution in [2.75, 3.05) is 6.54 Å². The smallest absolute Gasteiger partial charge is 0.225 e. The van der Waals surface area contributed by atoms with Crippen LogP contribution in [-0.2, 0) is 4.79 Å². The first kappa shape index (κ1) is 11.0. The summed E-state index contributed by atoms with van der Waals surface area (Å²) in [7, 11) is 0. The van der Waals surface area contributed by atoms with Gasteiger partial charge in [0.15, 0.2) is 0 Å². The van der Waals surface area contributed by atoms with Crippen molar-refractivity contribution in [2.45, 2.75) is 64.3 Å². The number of nitrogens with zero attached hydrogens (tertiary/aromatic N) is 1. The summed E-state index contributed by atoms with van der Waals surface area (Å²) < 4.78 is 0. The Morgan fingerprint density at radius 3 is 2.33 bits per heavy atom. The van der Waals surface area contributed by atoms with Crippen LogP contribution in [0.2, 0.25) is 0 Å². The number of hydrogen-bond acceptors (Lipinski definition) is 1. The van der Waals surface area contributed by atoms with E-state index in [4.69, 9.17) is 0 Å². The molecule has 0 spiro atoms. The number of likely N-dealkylation sites (tertiary alicyclic amines) is 1. The largest absolute Gasteiger partial charge is 0.340 e. The SMILES string of the molecule is C[C@@H]1CCCCN1C(=O)C1CCCCC1. The van der Waals surface area contributed by atoms with Crippen molar-refractivity contribution in [3.8, 4) is 0 Å². The third kappa shape index (κ3) is 2.53. The van der Waals surface area contributed by atoms with Gasteiger partial charge in [-0.15, -0.1) is 0 Å². The van der Waals surface area contributed by atoms with Gasteiger partial charge in [0, 0.05) is 18.5 Å². The van der Waals surface area contributed by atoms with Gasteiger partial charge in [0.2, 0.25) is 5.91 Å². The molecule has 2 aliphatic rings. The zero-order valence-corrected chi connectivity index (χ0v) is 9.87. The van der Waals surface area contributed by atoms with Gasteiger partial charge in [-0.05, 0) is 39.0 Å². The highest BCUT2D eigenvalue weighted by Crippen LogP contribution is 2.28. The van der Waals surface area contributed by atoms with Gasteiger partial charge in [0.05, 0.1) is 0 Å². The summed E-state index contributed by atoms with van der Waals surface area (Å²) in [6, 6.07) is 0.494. The van der Waals surface area contributed by atoms with E-state index in [1.54, 1.807) is 0 Å². The Morgan fingerprint density at radius 1 is 1.00 bits per heavy atom. The first-order chi connectivity index (χ1) is 7.29. The maximum Gasteiger partial charge on any atom is 0.225 e. The summed E-state index contributed by atoms with van der Waals surface area (Å²) in [6.45, 7) is 3.22. The van der Waals surface area contributed by atoms with E-state index >= 15 is 0 Å². The lowest BCUT2D eigenvalue weighted by Gasteiger charge is -2.36. The predicted octanol–water partition coefficient (Wildman–Crippen LogP) is 2.97. The number of carbonyl (C=O) groups excluding carboxylic acids is 1. The van der Waals surface area contributed by atoms with Gasteiger partial charge in [-0.3, -0.25) is 4.79 Å². The molecule has 0 unspecified atom stereocenters. The molecule has 1 aliphatic heterocycles. The molecule has 0 aromatic heterocycles. The van der Waals surface area contributed by atoms with E-state index in [0.29, 0.717) is 17.9 Å². The maximum absolute atomic E-state index is 12.3. The molecule has 0 aromatic carbocycles. The molecule has 0 N–H and O–H groups in total. The number of amides is 1. The lowest BCUT2D eigenvalue weighted by atomic mass is 9.87. The molecule has 2 nitrogen and oxygen atoms in total. The summed E-state index contributed by atoms with van der Waals surface area (Å²) in [5.41, 5.74) is 0. The van der Waals surface area contributed by atoms with Crippen molar-refractivity contribution in [3.63, 3.8) is 0 Å². The normalized spacial score (nSPS) is 29.1. The molecule has 2 heteroatoms. The second kappa shape index (κ2) is 5.00. The van der Waals surface area contributed by atoms with E-state index in [0.717, 1.165) is 19.4 Å². The molecule has 86 valence electrons. The molecule has 1 atom stereocenters. The van der Waals surface area contributed by atoms with Crippen LogP contribution in [0.4, 0.5) is 0 Å². The quantitative estimate of drug-likeness (QED) is 0.650. The lowest BCUT2D eigenvalue weighted by molar-refractivity contribution is -0.139. The zero-order valence-electron chi connectivity index (χ0n) is 9.87. The second-order valence-electron chi connectivity index (χ2n) is 5.21. The van der Waals surface area contributed by atoms with Crippen molar-refractivity contribution in [3.05, 3.63) is 0 Å². The van der Waals surface area contributed by atoms with E-state index in [-0.39, 0.29) is 0 Å². The first-order valence-electron chi connectivity index (χ1n) is 6.59. The predicted molar refractivity (Wildman–Crippen MR) is 61.6 cm³/mol. The third-order valence-corrected chi connectivity index (χ3v) is 4.04. The zero-order chi connectivity index (χ0) is 10.7. The van der Waals surface area contributed by atoms with Gasteiger partial charge in [0.1, 0.15) is 0 Å². The third-order valence-electron chi connectivity index (χ3n) is 4.04. The summed E-state index contributed by atoms with van der Waals surface area (Å²) >= 11 is 0. The monoisotopic (exact) mass is 209 g/mol.